The Bertz CT molecular complexity index is 890. The number of nitrogens with one attached hydrogen (secondary N) is 2. The monoisotopic (exact) mass is 372 g/mol. The number of rotatable bonds is 7. The van der Waals surface area contributed by atoms with Crippen molar-refractivity contribution in [1.82, 2.24) is 20.3 Å². The smallest absolute Gasteiger partial charge is 0.263 e. The van der Waals surface area contributed by atoms with Crippen molar-refractivity contribution in [2.45, 2.75) is 13.3 Å². The summed E-state index contributed by atoms with van der Waals surface area (Å²) in [7, 11) is 3.18. The molecule has 3 rings (SSSR count). The molecule has 0 unspecified atom stereocenters. The van der Waals surface area contributed by atoms with Gasteiger partial charge in [0, 0.05) is 30.4 Å². The third-order valence-corrected chi connectivity index (χ3v) is 5.07. The summed E-state index contributed by atoms with van der Waals surface area (Å²) >= 11 is 1.36. The van der Waals surface area contributed by atoms with Crippen LogP contribution in [-0.2, 0) is 6.42 Å². The van der Waals surface area contributed by atoms with Crippen molar-refractivity contribution < 1.29 is 14.3 Å². The zero-order valence-corrected chi connectivity index (χ0v) is 15.6. The van der Waals surface area contributed by atoms with E-state index >= 15 is 0 Å². The molecule has 0 saturated heterocycles. The number of aromatic amines is 1. The van der Waals surface area contributed by atoms with E-state index in [1.165, 1.54) is 11.3 Å². The minimum absolute atomic E-state index is 0.119. The molecule has 0 bridgehead atoms. The van der Waals surface area contributed by atoms with Crippen LogP contribution in [0.25, 0.3) is 10.6 Å². The van der Waals surface area contributed by atoms with Gasteiger partial charge >= 0.3 is 0 Å². The number of imidazole rings is 1. The number of hydrogen-bond donors (Lipinski definition) is 2. The Morgan fingerprint density at radius 2 is 2.08 bits per heavy atom. The van der Waals surface area contributed by atoms with E-state index < -0.39 is 0 Å². The standard InChI is InChI=1S/C18H20N4O3S/c1-11-16(17(23)20-7-6-13-9-19-10-21-13)26-18(22-11)12-4-5-14(24-2)15(8-12)25-3/h4-5,8-10H,6-7H2,1-3H3,(H,19,21)(H,20,23). The van der Waals surface area contributed by atoms with Gasteiger partial charge in [0.2, 0.25) is 0 Å². The Hall–Kier alpha value is -2.87. The molecule has 0 fully saturated rings. The van der Waals surface area contributed by atoms with E-state index in [9.17, 15) is 4.79 Å². The van der Waals surface area contributed by atoms with Crippen LogP contribution < -0.4 is 14.8 Å². The summed E-state index contributed by atoms with van der Waals surface area (Å²) in [5.74, 6) is 1.16. The molecule has 0 aliphatic carbocycles. The van der Waals surface area contributed by atoms with Crippen LogP contribution in [0, 0.1) is 6.92 Å². The SMILES string of the molecule is COc1ccc(-c2nc(C)c(C(=O)NCCc3cnc[nH]3)s2)cc1OC. The van der Waals surface area contributed by atoms with Gasteiger partial charge in [-0.2, -0.15) is 0 Å². The molecule has 0 atom stereocenters. The largest absolute Gasteiger partial charge is 0.493 e. The van der Waals surface area contributed by atoms with Gasteiger partial charge in [-0.05, 0) is 25.1 Å². The van der Waals surface area contributed by atoms with Crippen molar-refractivity contribution in [3.8, 4) is 22.1 Å². The topological polar surface area (TPSA) is 89.1 Å². The first kappa shape index (κ1) is 17.9. The molecule has 2 heterocycles. The van der Waals surface area contributed by atoms with Crippen molar-refractivity contribution in [2.24, 2.45) is 0 Å². The first-order chi connectivity index (χ1) is 12.6. The number of carbonyl (C=O) groups is 1. The molecule has 2 N–H and O–H groups in total. The summed E-state index contributed by atoms with van der Waals surface area (Å²) in [5.41, 5.74) is 2.57. The van der Waals surface area contributed by atoms with Crippen molar-refractivity contribution in [3.63, 3.8) is 0 Å². The Labute approximate surface area is 155 Å². The number of aryl methyl sites for hydroxylation is 1. The molecule has 1 amide bonds. The van der Waals surface area contributed by atoms with E-state index in [-0.39, 0.29) is 5.91 Å². The molecule has 3 aromatic rings. The van der Waals surface area contributed by atoms with Gasteiger partial charge in [-0.25, -0.2) is 9.97 Å². The lowest BCUT2D eigenvalue weighted by atomic mass is 10.2. The lowest BCUT2D eigenvalue weighted by molar-refractivity contribution is 0.0957. The molecule has 7 nitrogen and oxygen atoms in total. The lowest BCUT2D eigenvalue weighted by Gasteiger charge is -2.08. The third kappa shape index (κ3) is 3.85. The van der Waals surface area contributed by atoms with Gasteiger partial charge < -0.3 is 19.8 Å². The highest BCUT2D eigenvalue weighted by Crippen LogP contribution is 2.34. The molecule has 8 heteroatoms. The van der Waals surface area contributed by atoms with E-state index in [4.69, 9.17) is 9.47 Å². The van der Waals surface area contributed by atoms with Gasteiger partial charge in [0.25, 0.3) is 5.91 Å². The van der Waals surface area contributed by atoms with Gasteiger partial charge in [-0.1, -0.05) is 0 Å². The highest BCUT2D eigenvalue weighted by molar-refractivity contribution is 7.17. The van der Waals surface area contributed by atoms with E-state index in [0.29, 0.717) is 35.0 Å². The number of hydrogen-bond acceptors (Lipinski definition) is 6. The average molecular weight is 372 g/mol. The van der Waals surface area contributed by atoms with Crippen molar-refractivity contribution in [2.75, 3.05) is 20.8 Å². The second kappa shape index (κ2) is 8.01. The van der Waals surface area contributed by atoms with Crippen LogP contribution in [0.5, 0.6) is 11.5 Å². The highest BCUT2D eigenvalue weighted by atomic mass is 32.1. The zero-order valence-electron chi connectivity index (χ0n) is 14.8. The third-order valence-electron chi connectivity index (χ3n) is 3.87. The number of methoxy groups -OCH3 is 2. The molecule has 1 aromatic carbocycles. The normalized spacial score (nSPS) is 10.6. The fourth-order valence-electron chi connectivity index (χ4n) is 2.51. The molecule has 136 valence electrons. The maximum atomic E-state index is 12.5. The molecule has 0 saturated carbocycles. The van der Waals surface area contributed by atoms with Gasteiger partial charge in [0.15, 0.2) is 11.5 Å². The molecule has 0 radical (unpaired) electrons. The summed E-state index contributed by atoms with van der Waals surface area (Å²) in [6.07, 6.45) is 4.07. The summed E-state index contributed by atoms with van der Waals surface area (Å²) in [6.45, 7) is 2.37. The average Bonchev–Trinajstić information content (AvgIpc) is 3.30. The predicted molar refractivity (Wildman–Crippen MR) is 100 cm³/mol. The zero-order chi connectivity index (χ0) is 18.5. The summed E-state index contributed by atoms with van der Waals surface area (Å²) in [5, 5.41) is 3.69. The minimum atomic E-state index is -0.119. The minimum Gasteiger partial charge on any atom is -0.493 e. The Balaban J connectivity index is 1.73. The van der Waals surface area contributed by atoms with Crippen LogP contribution in [0.3, 0.4) is 0 Å². The van der Waals surface area contributed by atoms with E-state index in [0.717, 1.165) is 16.3 Å². The quantitative estimate of drug-likeness (QED) is 0.666. The van der Waals surface area contributed by atoms with Crippen LogP contribution >= 0.6 is 11.3 Å². The second-order valence-corrected chi connectivity index (χ2v) is 6.59. The van der Waals surface area contributed by atoms with Crippen LogP contribution in [0.15, 0.2) is 30.7 Å². The van der Waals surface area contributed by atoms with E-state index in [1.807, 2.05) is 25.1 Å². The van der Waals surface area contributed by atoms with Crippen LogP contribution in [0.4, 0.5) is 0 Å². The molecular weight excluding hydrogens is 352 g/mol. The Kier molecular flexibility index (Phi) is 5.52. The lowest BCUT2D eigenvalue weighted by Crippen LogP contribution is -2.25. The van der Waals surface area contributed by atoms with Gasteiger partial charge in [0.05, 0.1) is 26.2 Å². The number of benzene rings is 1. The molecule has 0 aliphatic rings. The fraction of sp³-hybridized carbons (Fsp3) is 0.278. The Morgan fingerprint density at radius 1 is 1.27 bits per heavy atom. The molecule has 0 spiro atoms. The first-order valence-electron chi connectivity index (χ1n) is 8.07. The molecule has 26 heavy (non-hydrogen) atoms. The van der Waals surface area contributed by atoms with Crippen LogP contribution in [0.2, 0.25) is 0 Å². The van der Waals surface area contributed by atoms with Gasteiger partial charge in [-0.15, -0.1) is 11.3 Å². The van der Waals surface area contributed by atoms with E-state index in [2.05, 4.69) is 20.3 Å². The predicted octanol–water partition coefficient (Wildman–Crippen LogP) is 2.83. The number of amides is 1. The van der Waals surface area contributed by atoms with E-state index in [1.54, 1.807) is 26.7 Å². The van der Waals surface area contributed by atoms with Crippen LogP contribution in [0.1, 0.15) is 21.1 Å². The van der Waals surface area contributed by atoms with Crippen molar-refractivity contribution in [1.29, 1.82) is 0 Å². The molecule has 2 aromatic heterocycles. The first-order valence-corrected chi connectivity index (χ1v) is 8.89. The van der Waals surface area contributed by atoms with Crippen molar-refractivity contribution >= 4 is 17.2 Å². The fourth-order valence-corrected chi connectivity index (χ4v) is 3.49. The number of thiazole rings is 1. The number of H-pyrrole nitrogens is 1. The number of aromatic nitrogens is 3. The van der Waals surface area contributed by atoms with Gasteiger partial charge in [0.1, 0.15) is 9.88 Å². The molecule has 0 aliphatic heterocycles. The summed E-state index contributed by atoms with van der Waals surface area (Å²) in [4.78, 5) is 24.6. The second-order valence-electron chi connectivity index (χ2n) is 5.59. The Morgan fingerprint density at radius 3 is 2.77 bits per heavy atom. The van der Waals surface area contributed by atoms with Crippen LogP contribution in [-0.4, -0.2) is 41.6 Å². The van der Waals surface area contributed by atoms with Crippen molar-refractivity contribution in [3.05, 3.63) is 47.0 Å². The number of carbonyl (C=O) groups excluding carboxylic acids is 1. The summed E-state index contributed by atoms with van der Waals surface area (Å²) in [6, 6.07) is 5.59. The van der Waals surface area contributed by atoms with Gasteiger partial charge in [-0.3, -0.25) is 4.79 Å². The highest BCUT2D eigenvalue weighted by Gasteiger charge is 2.17. The number of ether oxygens (including phenoxy) is 2. The molecular formula is C18H20N4O3S. The maximum Gasteiger partial charge on any atom is 0.263 e. The summed E-state index contributed by atoms with van der Waals surface area (Å²) < 4.78 is 10.6. The maximum absolute atomic E-state index is 12.5. The number of nitrogens with zero attached hydrogens (tertiary/aromatic N) is 2.